The molecule has 4 nitrogen and oxygen atoms in total. The second-order valence-corrected chi connectivity index (χ2v) is 6.87. The molecule has 4 aromatic rings. The Kier molecular flexibility index (Phi) is 4.03. The van der Waals surface area contributed by atoms with Gasteiger partial charge in [0, 0.05) is 27.6 Å². The van der Waals surface area contributed by atoms with Crippen LogP contribution >= 0.6 is 0 Å². The SMILES string of the molecule is O=C(NC1=Nc2cccc3cccc1c23)c1ccc(C(=O)c2ccccc2)cc1. The van der Waals surface area contributed by atoms with Gasteiger partial charge >= 0.3 is 0 Å². The molecule has 1 aliphatic heterocycles. The number of nitrogens with one attached hydrogen (secondary N) is 1. The molecular weight excluding hydrogens is 360 g/mol. The van der Waals surface area contributed by atoms with Gasteiger partial charge in [0.15, 0.2) is 5.78 Å². The third-order valence-electron chi connectivity index (χ3n) is 5.05. The first-order chi connectivity index (χ1) is 14.2. The molecule has 0 aromatic heterocycles. The number of carbonyl (C=O) groups is 2. The van der Waals surface area contributed by atoms with E-state index < -0.39 is 0 Å². The maximum Gasteiger partial charge on any atom is 0.256 e. The van der Waals surface area contributed by atoms with Crippen molar-refractivity contribution in [3.05, 3.63) is 113 Å². The molecule has 0 spiro atoms. The van der Waals surface area contributed by atoms with Gasteiger partial charge in [-0.15, -0.1) is 0 Å². The van der Waals surface area contributed by atoms with Gasteiger partial charge in [0.2, 0.25) is 0 Å². The summed E-state index contributed by atoms with van der Waals surface area (Å²) in [7, 11) is 0. The fraction of sp³-hybridized carbons (Fsp3) is 0. The Hall–Kier alpha value is -4.05. The second kappa shape index (κ2) is 6.84. The maximum absolute atomic E-state index is 12.7. The highest BCUT2D eigenvalue weighted by Gasteiger charge is 2.20. The summed E-state index contributed by atoms with van der Waals surface area (Å²) in [6.45, 7) is 0. The van der Waals surface area contributed by atoms with Crippen LogP contribution < -0.4 is 5.32 Å². The van der Waals surface area contributed by atoms with Crippen molar-refractivity contribution in [2.24, 2.45) is 4.99 Å². The van der Waals surface area contributed by atoms with Crippen LogP contribution in [-0.2, 0) is 0 Å². The van der Waals surface area contributed by atoms with Gasteiger partial charge in [-0.25, -0.2) is 4.99 Å². The van der Waals surface area contributed by atoms with Gasteiger partial charge in [-0.2, -0.15) is 0 Å². The Morgan fingerprint density at radius 1 is 0.655 bits per heavy atom. The minimum Gasteiger partial charge on any atom is -0.306 e. The van der Waals surface area contributed by atoms with E-state index in [-0.39, 0.29) is 11.7 Å². The van der Waals surface area contributed by atoms with Crippen molar-refractivity contribution in [1.82, 2.24) is 5.32 Å². The Morgan fingerprint density at radius 3 is 2.07 bits per heavy atom. The van der Waals surface area contributed by atoms with Crippen LogP contribution in [0.3, 0.4) is 0 Å². The van der Waals surface area contributed by atoms with E-state index >= 15 is 0 Å². The number of ketones is 1. The number of benzene rings is 4. The molecule has 5 rings (SSSR count). The topological polar surface area (TPSA) is 58.5 Å². The van der Waals surface area contributed by atoms with Crippen LogP contribution in [0.2, 0.25) is 0 Å². The fourth-order valence-corrected chi connectivity index (χ4v) is 3.60. The van der Waals surface area contributed by atoms with Gasteiger partial charge in [-0.05, 0) is 23.6 Å². The monoisotopic (exact) mass is 376 g/mol. The number of aliphatic imine (C=N–C) groups is 1. The van der Waals surface area contributed by atoms with Gasteiger partial charge in [0.05, 0.1) is 5.69 Å². The summed E-state index contributed by atoms with van der Waals surface area (Å²) in [6, 6.07) is 27.6. The van der Waals surface area contributed by atoms with Crippen LogP contribution in [-0.4, -0.2) is 17.5 Å². The predicted molar refractivity (Wildman–Crippen MR) is 114 cm³/mol. The van der Waals surface area contributed by atoms with Crippen molar-refractivity contribution in [1.29, 1.82) is 0 Å². The fourth-order valence-electron chi connectivity index (χ4n) is 3.60. The first kappa shape index (κ1) is 17.1. The number of amidine groups is 1. The summed E-state index contributed by atoms with van der Waals surface area (Å²) in [6.07, 6.45) is 0. The molecule has 0 saturated heterocycles. The standard InChI is InChI=1S/C25H16N2O2/c28-23(17-6-2-1-3-7-17)18-12-14-19(15-13-18)25(29)27-24-20-10-4-8-16-9-5-11-21(26-24)22(16)20/h1-15H,(H,26,27,29). The van der Waals surface area contributed by atoms with Crippen molar-refractivity contribution >= 4 is 34.0 Å². The number of hydrogen-bond acceptors (Lipinski definition) is 3. The predicted octanol–water partition coefficient (Wildman–Crippen LogP) is 4.89. The molecule has 0 fully saturated rings. The molecule has 1 aliphatic rings. The lowest BCUT2D eigenvalue weighted by molar-refractivity contribution is 0.0975. The molecule has 0 atom stereocenters. The van der Waals surface area contributed by atoms with Crippen molar-refractivity contribution < 1.29 is 9.59 Å². The van der Waals surface area contributed by atoms with Gasteiger partial charge in [0.1, 0.15) is 5.84 Å². The van der Waals surface area contributed by atoms with E-state index in [2.05, 4.69) is 10.3 Å². The zero-order valence-corrected chi connectivity index (χ0v) is 15.4. The van der Waals surface area contributed by atoms with Gasteiger partial charge < -0.3 is 5.32 Å². The molecular formula is C25H16N2O2. The highest BCUT2D eigenvalue weighted by Crippen LogP contribution is 2.34. The van der Waals surface area contributed by atoms with Crippen LogP contribution in [0.5, 0.6) is 0 Å². The molecule has 138 valence electrons. The summed E-state index contributed by atoms with van der Waals surface area (Å²) in [5, 5.41) is 5.05. The molecule has 4 heteroatoms. The van der Waals surface area contributed by atoms with Crippen LogP contribution in [0.15, 0.2) is 96.0 Å². The molecule has 1 N–H and O–H groups in total. The average molecular weight is 376 g/mol. The van der Waals surface area contributed by atoms with Crippen molar-refractivity contribution in [3.8, 4) is 0 Å². The zero-order chi connectivity index (χ0) is 19.8. The van der Waals surface area contributed by atoms with Gasteiger partial charge in [-0.1, -0.05) is 72.8 Å². The first-order valence-corrected chi connectivity index (χ1v) is 9.33. The Morgan fingerprint density at radius 2 is 1.31 bits per heavy atom. The molecule has 29 heavy (non-hydrogen) atoms. The quantitative estimate of drug-likeness (QED) is 0.518. The number of amides is 1. The van der Waals surface area contributed by atoms with E-state index in [1.54, 1.807) is 36.4 Å². The molecule has 0 aliphatic carbocycles. The summed E-state index contributed by atoms with van der Waals surface area (Å²) in [5.74, 6) is 0.221. The summed E-state index contributed by atoms with van der Waals surface area (Å²) in [5.41, 5.74) is 3.42. The number of carbonyl (C=O) groups excluding carboxylic acids is 2. The lowest BCUT2D eigenvalue weighted by atomic mass is 10.0. The minimum absolute atomic E-state index is 0.0696. The molecule has 4 aromatic carbocycles. The highest BCUT2D eigenvalue weighted by atomic mass is 16.1. The number of nitrogens with zero attached hydrogens (tertiary/aromatic N) is 1. The van der Waals surface area contributed by atoms with Crippen LogP contribution in [0.1, 0.15) is 31.8 Å². The van der Waals surface area contributed by atoms with Crippen molar-refractivity contribution in [3.63, 3.8) is 0 Å². The van der Waals surface area contributed by atoms with Crippen LogP contribution in [0.25, 0.3) is 10.8 Å². The molecule has 1 amide bonds. The smallest absolute Gasteiger partial charge is 0.256 e. The summed E-state index contributed by atoms with van der Waals surface area (Å²) < 4.78 is 0. The normalized spacial score (nSPS) is 11.9. The van der Waals surface area contributed by atoms with Crippen molar-refractivity contribution in [2.45, 2.75) is 0 Å². The van der Waals surface area contributed by atoms with E-state index in [0.29, 0.717) is 22.5 Å². The number of hydrogen-bond donors (Lipinski definition) is 1. The van der Waals surface area contributed by atoms with Crippen molar-refractivity contribution in [2.75, 3.05) is 0 Å². The molecule has 0 radical (unpaired) electrons. The average Bonchev–Trinajstić information content (AvgIpc) is 3.13. The molecule has 1 heterocycles. The van der Waals surface area contributed by atoms with E-state index in [0.717, 1.165) is 22.0 Å². The lowest BCUT2D eigenvalue weighted by Gasteiger charge is -2.07. The van der Waals surface area contributed by atoms with E-state index in [9.17, 15) is 9.59 Å². The molecule has 0 unspecified atom stereocenters. The largest absolute Gasteiger partial charge is 0.306 e. The minimum atomic E-state index is -0.257. The van der Waals surface area contributed by atoms with E-state index in [1.165, 1.54) is 0 Å². The van der Waals surface area contributed by atoms with E-state index in [4.69, 9.17) is 0 Å². The Bertz CT molecular complexity index is 1280. The molecule has 0 saturated carbocycles. The Labute approximate surface area is 167 Å². The molecule has 0 bridgehead atoms. The zero-order valence-electron chi connectivity index (χ0n) is 15.4. The maximum atomic E-state index is 12.7. The highest BCUT2D eigenvalue weighted by molar-refractivity contribution is 6.23. The lowest BCUT2D eigenvalue weighted by Crippen LogP contribution is -2.30. The first-order valence-electron chi connectivity index (χ1n) is 9.33. The Balaban J connectivity index is 1.37. The third kappa shape index (κ3) is 3.01. The third-order valence-corrected chi connectivity index (χ3v) is 5.05. The van der Waals surface area contributed by atoms with Gasteiger partial charge in [-0.3, -0.25) is 9.59 Å². The van der Waals surface area contributed by atoms with Gasteiger partial charge in [0.25, 0.3) is 5.91 Å². The van der Waals surface area contributed by atoms with Crippen LogP contribution in [0.4, 0.5) is 5.69 Å². The van der Waals surface area contributed by atoms with E-state index in [1.807, 2.05) is 54.6 Å². The second-order valence-electron chi connectivity index (χ2n) is 6.87. The van der Waals surface area contributed by atoms with Crippen LogP contribution in [0, 0.1) is 0 Å². The summed E-state index contributed by atoms with van der Waals surface area (Å²) in [4.78, 5) is 29.8. The number of rotatable bonds is 3. The summed E-state index contributed by atoms with van der Waals surface area (Å²) >= 11 is 0.